The number of fused-ring (bicyclic) bond motifs is 3. The first-order valence-electron chi connectivity index (χ1n) is 10.6. The van der Waals surface area contributed by atoms with E-state index in [-0.39, 0.29) is 16.9 Å². The molecule has 0 heterocycles. The van der Waals surface area contributed by atoms with Crippen LogP contribution in [0.3, 0.4) is 0 Å². The molecule has 3 aliphatic rings. The minimum absolute atomic E-state index is 0.0617. The second-order valence-corrected chi connectivity index (χ2v) is 9.22. The maximum absolute atomic E-state index is 13.8. The zero-order valence-corrected chi connectivity index (χ0v) is 18.8. The van der Waals surface area contributed by atoms with Crippen LogP contribution in [0.5, 0.6) is 5.75 Å². The van der Waals surface area contributed by atoms with Crippen molar-refractivity contribution >= 4 is 29.3 Å². The molecular formula is C24H26N2O8. The van der Waals surface area contributed by atoms with E-state index in [4.69, 9.17) is 5.73 Å². The van der Waals surface area contributed by atoms with Gasteiger partial charge in [0.2, 0.25) is 5.78 Å². The smallest absolute Gasteiger partial charge is 0.255 e. The minimum Gasteiger partial charge on any atom is -0.508 e. The monoisotopic (exact) mass is 470 g/mol. The number of primary amides is 1. The van der Waals surface area contributed by atoms with Crippen LogP contribution in [0.15, 0.2) is 35.6 Å². The minimum atomic E-state index is -2.92. The molecule has 3 aliphatic carbocycles. The molecule has 1 saturated carbocycles. The molecule has 2 unspecified atom stereocenters. The standard InChI is InChI=1S/C24H26N2O8/c1-5-9-6-7-10-8(2)11-13(18(28)12(10)17(9)27)21(31)24(34)15(19(11)29)16(26(3)4)20(30)14(22(24)32)23(25)33/h5-8,11,15-16,19,27-29,32,34H,1H2,2-4H3,(H2,25,33)/t8-,11?,15?,16-,19-,24-/m0/s1. The lowest BCUT2D eigenvalue weighted by atomic mass is 9.54. The normalized spacial score (nSPS) is 32.9. The fourth-order valence-electron chi connectivity index (χ4n) is 5.80. The molecule has 34 heavy (non-hydrogen) atoms. The summed E-state index contributed by atoms with van der Waals surface area (Å²) >= 11 is 0. The number of amides is 1. The van der Waals surface area contributed by atoms with Crippen molar-refractivity contribution in [3.8, 4) is 5.75 Å². The zero-order chi connectivity index (χ0) is 25.4. The second kappa shape index (κ2) is 7.52. The van der Waals surface area contributed by atoms with Crippen LogP contribution in [0.1, 0.15) is 29.5 Å². The third-order valence-electron chi connectivity index (χ3n) is 7.38. The van der Waals surface area contributed by atoms with E-state index >= 15 is 0 Å². The molecule has 0 bridgehead atoms. The number of aliphatic hydroxyl groups excluding tert-OH is 3. The van der Waals surface area contributed by atoms with Gasteiger partial charge in [0, 0.05) is 17.1 Å². The quantitative estimate of drug-likeness (QED) is 0.335. The molecule has 0 aromatic heterocycles. The number of ketones is 2. The molecule has 0 aliphatic heterocycles. The van der Waals surface area contributed by atoms with Gasteiger partial charge in [0.05, 0.1) is 23.6 Å². The summed E-state index contributed by atoms with van der Waals surface area (Å²) in [6.07, 6.45) is -0.259. The summed E-state index contributed by atoms with van der Waals surface area (Å²) in [6.45, 7) is 5.27. The summed E-state index contributed by atoms with van der Waals surface area (Å²) in [4.78, 5) is 40.2. The molecule has 1 fully saturated rings. The molecule has 1 aromatic carbocycles. The Bertz CT molecular complexity index is 1230. The number of phenolic OH excluding ortho intramolecular Hbond substituents is 1. The average Bonchev–Trinajstić information content (AvgIpc) is 2.75. The number of rotatable bonds is 3. The second-order valence-electron chi connectivity index (χ2n) is 9.22. The average molecular weight is 470 g/mol. The summed E-state index contributed by atoms with van der Waals surface area (Å²) in [6, 6.07) is 1.82. The van der Waals surface area contributed by atoms with Crippen molar-refractivity contribution in [2.24, 2.45) is 17.6 Å². The largest absolute Gasteiger partial charge is 0.508 e. The van der Waals surface area contributed by atoms with Gasteiger partial charge in [-0.05, 0) is 25.6 Å². The first kappa shape index (κ1) is 23.7. The van der Waals surface area contributed by atoms with Crippen molar-refractivity contribution in [3.63, 3.8) is 0 Å². The first-order chi connectivity index (χ1) is 15.8. The fraction of sp³-hybridized carbons (Fsp3) is 0.375. The van der Waals surface area contributed by atoms with E-state index < -0.39 is 75.6 Å². The molecule has 1 amide bonds. The number of phenols is 1. The number of likely N-dealkylation sites (N-methyl/N-ethyl adjacent to an activating group) is 1. The Morgan fingerprint density at radius 3 is 2.35 bits per heavy atom. The molecular weight excluding hydrogens is 444 g/mol. The number of Topliss-reactive ketones (excluding diaryl/α,β-unsaturated/α-hetero) is 2. The third-order valence-corrected chi connectivity index (χ3v) is 7.38. The van der Waals surface area contributed by atoms with E-state index in [1.54, 1.807) is 19.1 Å². The molecule has 10 heteroatoms. The fourth-order valence-corrected chi connectivity index (χ4v) is 5.80. The number of hydrogen-bond acceptors (Lipinski definition) is 9. The Morgan fingerprint density at radius 2 is 1.82 bits per heavy atom. The lowest BCUT2D eigenvalue weighted by Gasteiger charge is -2.53. The highest BCUT2D eigenvalue weighted by Gasteiger charge is 2.68. The van der Waals surface area contributed by atoms with Crippen molar-refractivity contribution in [1.29, 1.82) is 0 Å². The molecule has 0 radical (unpaired) electrons. The molecule has 0 spiro atoms. The Balaban J connectivity index is 2.07. The number of nitrogens with zero attached hydrogens (tertiary/aromatic N) is 1. The maximum Gasteiger partial charge on any atom is 0.255 e. The predicted molar refractivity (Wildman–Crippen MR) is 120 cm³/mol. The van der Waals surface area contributed by atoms with Crippen LogP contribution in [0.4, 0.5) is 0 Å². The van der Waals surface area contributed by atoms with E-state index in [1.807, 2.05) is 0 Å². The SMILES string of the molecule is C=Cc1ccc2c(c1O)C(O)=C1C(=O)[C@]3(O)C(O)=C(C(N)=O)C(=O)[C@@H](N(C)C)C3[C@@H](O)C1[C@H]2C. The van der Waals surface area contributed by atoms with Gasteiger partial charge in [0.15, 0.2) is 11.4 Å². The molecule has 7 N–H and O–H groups in total. The highest BCUT2D eigenvalue weighted by Crippen LogP contribution is 2.56. The van der Waals surface area contributed by atoms with E-state index in [1.165, 1.54) is 25.1 Å². The van der Waals surface area contributed by atoms with Gasteiger partial charge < -0.3 is 31.3 Å². The number of hydrogen-bond donors (Lipinski definition) is 6. The van der Waals surface area contributed by atoms with Crippen molar-refractivity contribution in [2.45, 2.75) is 30.6 Å². The predicted octanol–water partition coefficient (Wildman–Crippen LogP) is 0.139. The number of nitrogens with two attached hydrogens (primary N) is 1. The van der Waals surface area contributed by atoms with Gasteiger partial charge in [0.1, 0.15) is 22.8 Å². The van der Waals surface area contributed by atoms with Crippen molar-refractivity contribution in [3.05, 3.63) is 52.3 Å². The number of carbonyl (C=O) groups excluding carboxylic acids is 3. The summed E-state index contributed by atoms with van der Waals surface area (Å²) in [5.41, 5.74) is 1.65. The Kier molecular flexibility index (Phi) is 5.24. The van der Waals surface area contributed by atoms with Gasteiger partial charge in [-0.25, -0.2) is 0 Å². The number of carbonyl (C=O) groups is 3. The Hall–Kier alpha value is -3.47. The molecule has 10 nitrogen and oxygen atoms in total. The van der Waals surface area contributed by atoms with E-state index in [0.29, 0.717) is 5.56 Å². The van der Waals surface area contributed by atoms with Gasteiger partial charge >= 0.3 is 0 Å². The Morgan fingerprint density at radius 1 is 1.21 bits per heavy atom. The van der Waals surface area contributed by atoms with Crippen LogP contribution in [0, 0.1) is 11.8 Å². The van der Waals surface area contributed by atoms with Gasteiger partial charge in [-0.1, -0.05) is 31.7 Å². The molecule has 1 aromatic rings. The molecule has 0 saturated heterocycles. The highest BCUT2D eigenvalue weighted by molar-refractivity contribution is 6.24. The van der Waals surface area contributed by atoms with Gasteiger partial charge in [-0.3, -0.25) is 19.3 Å². The van der Waals surface area contributed by atoms with Crippen molar-refractivity contribution < 1.29 is 39.9 Å². The van der Waals surface area contributed by atoms with Crippen molar-refractivity contribution in [1.82, 2.24) is 4.90 Å². The van der Waals surface area contributed by atoms with E-state index in [0.717, 1.165) is 0 Å². The third kappa shape index (κ3) is 2.70. The number of benzene rings is 1. The Labute approximate surface area is 194 Å². The lowest BCUT2D eigenvalue weighted by molar-refractivity contribution is -0.169. The van der Waals surface area contributed by atoms with Gasteiger partial charge in [-0.2, -0.15) is 0 Å². The van der Waals surface area contributed by atoms with E-state index in [2.05, 4.69) is 6.58 Å². The van der Waals surface area contributed by atoms with E-state index in [9.17, 15) is 39.9 Å². The highest BCUT2D eigenvalue weighted by atomic mass is 16.4. The lowest BCUT2D eigenvalue weighted by Crippen LogP contribution is -2.70. The van der Waals surface area contributed by atoms with Gasteiger partial charge in [-0.15, -0.1) is 0 Å². The van der Waals surface area contributed by atoms with Crippen LogP contribution in [0.25, 0.3) is 11.8 Å². The summed E-state index contributed by atoms with van der Waals surface area (Å²) in [7, 11) is 2.91. The topological polar surface area (TPSA) is 182 Å². The number of aliphatic hydroxyl groups is 4. The molecule has 4 rings (SSSR count). The summed E-state index contributed by atoms with van der Waals surface area (Å²) < 4.78 is 0. The summed E-state index contributed by atoms with van der Waals surface area (Å²) in [5.74, 6) is -9.07. The number of aromatic hydroxyl groups is 1. The van der Waals surface area contributed by atoms with Crippen LogP contribution < -0.4 is 5.73 Å². The molecule has 180 valence electrons. The van der Waals surface area contributed by atoms with Crippen LogP contribution >= 0.6 is 0 Å². The van der Waals surface area contributed by atoms with Crippen LogP contribution in [-0.2, 0) is 14.4 Å². The maximum atomic E-state index is 13.8. The zero-order valence-electron chi connectivity index (χ0n) is 18.8. The van der Waals surface area contributed by atoms with Crippen LogP contribution in [0.2, 0.25) is 0 Å². The molecule has 6 atom stereocenters. The van der Waals surface area contributed by atoms with Crippen molar-refractivity contribution in [2.75, 3.05) is 14.1 Å². The van der Waals surface area contributed by atoms with Gasteiger partial charge in [0.25, 0.3) is 5.91 Å². The summed E-state index contributed by atoms with van der Waals surface area (Å²) in [5, 5.41) is 55.7. The first-order valence-corrected chi connectivity index (χ1v) is 10.6. The van der Waals surface area contributed by atoms with Crippen LogP contribution in [-0.4, -0.2) is 79.7 Å².